The van der Waals surface area contributed by atoms with Crippen molar-refractivity contribution in [3.8, 4) is 0 Å². The Balaban J connectivity index is 1.43. The third-order valence-electron chi connectivity index (χ3n) is 6.15. The first-order valence-corrected chi connectivity index (χ1v) is 11.4. The van der Waals surface area contributed by atoms with Crippen LogP contribution < -0.4 is 0 Å². The highest BCUT2D eigenvalue weighted by atomic mass is 79.9. The Labute approximate surface area is 177 Å². The molecule has 2 aromatic carbocycles. The monoisotopic (exact) mass is 456 g/mol. The fraction of sp³-hybridized carbons (Fsp3) is 0.364. The lowest BCUT2D eigenvalue weighted by molar-refractivity contribution is -0.144. The van der Waals surface area contributed by atoms with Crippen molar-refractivity contribution in [2.24, 2.45) is 0 Å². The van der Waals surface area contributed by atoms with Crippen molar-refractivity contribution in [2.75, 3.05) is 12.3 Å². The second kappa shape index (κ2) is 6.92. The van der Waals surface area contributed by atoms with E-state index in [9.17, 15) is 9.59 Å². The maximum atomic E-state index is 13.4. The molecule has 3 heterocycles. The number of thioether (sulfide) groups is 1. The van der Waals surface area contributed by atoms with Gasteiger partial charge in [0, 0.05) is 29.7 Å². The van der Waals surface area contributed by atoms with Gasteiger partial charge in [-0.25, -0.2) is 0 Å². The SMILES string of the molecule is O=C([C@H]1CS[C@@]2(c3ccc(Br)cc3)CCC(=O)N12)N1CCc2ccccc2C1. The van der Waals surface area contributed by atoms with Gasteiger partial charge in [-0.2, -0.15) is 0 Å². The molecular weight excluding hydrogens is 436 g/mol. The van der Waals surface area contributed by atoms with Crippen molar-refractivity contribution in [1.29, 1.82) is 0 Å². The van der Waals surface area contributed by atoms with Crippen molar-refractivity contribution >= 4 is 39.5 Å². The van der Waals surface area contributed by atoms with Crippen molar-refractivity contribution in [1.82, 2.24) is 9.80 Å². The van der Waals surface area contributed by atoms with Gasteiger partial charge < -0.3 is 9.80 Å². The molecular formula is C22H21BrN2O2S. The normalized spacial score (nSPS) is 26.3. The van der Waals surface area contributed by atoms with E-state index in [-0.39, 0.29) is 17.9 Å². The molecule has 3 aliphatic heterocycles. The number of halogens is 1. The number of amides is 2. The average molecular weight is 457 g/mol. The third-order valence-corrected chi connectivity index (χ3v) is 8.28. The first-order valence-electron chi connectivity index (χ1n) is 9.66. The molecule has 2 saturated heterocycles. The van der Waals surface area contributed by atoms with Crippen LogP contribution in [0.3, 0.4) is 0 Å². The molecule has 5 rings (SSSR count). The minimum atomic E-state index is -0.397. The van der Waals surface area contributed by atoms with Gasteiger partial charge in [0.2, 0.25) is 11.8 Å². The molecule has 28 heavy (non-hydrogen) atoms. The predicted octanol–water partition coefficient (Wildman–Crippen LogP) is 3.92. The van der Waals surface area contributed by atoms with E-state index < -0.39 is 4.87 Å². The summed E-state index contributed by atoms with van der Waals surface area (Å²) in [6, 6.07) is 16.1. The summed E-state index contributed by atoms with van der Waals surface area (Å²) in [7, 11) is 0. The molecule has 0 N–H and O–H groups in total. The van der Waals surface area contributed by atoms with E-state index in [0.29, 0.717) is 18.7 Å². The molecule has 4 nitrogen and oxygen atoms in total. The molecule has 6 heteroatoms. The molecule has 0 radical (unpaired) electrons. The van der Waals surface area contributed by atoms with Crippen molar-refractivity contribution in [3.05, 3.63) is 69.7 Å². The zero-order valence-electron chi connectivity index (χ0n) is 15.4. The predicted molar refractivity (Wildman–Crippen MR) is 114 cm³/mol. The molecule has 0 saturated carbocycles. The van der Waals surface area contributed by atoms with Crippen molar-refractivity contribution in [3.63, 3.8) is 0 Å². The molecule has 3 aliphatic rings. The van der Waals surface area contributed by atoms with E-state index in [1.54, 1.807) is 11.8 Å². The number of nitrogens with zero attached hydrogens (tertiary/aromatic N) is 2. The van der Waals surface area contributed by atoms with E-state index in [0.717, 1.165) is 29.4 Å². The molecule has 0 unspecified atom stereocenters. The fourth-order valence-electron chi connectivity index (χ4n) is 4.73. The van der Waals surface area contributed by atoms with Gasteiger partial charge in [0.05, 0.1) is 0 Å². The number of carbonyl (C=O) groups is 2. The van der Waals surface area contributed by atoms with E-state index in [1.165, 1.54) is 11.1 Å². The number of fused-ring (bicyclic) bond motifs is 2. The van der Waals surface area contributed by atoms with Crippen LogP contribution in [0.1, 0.15) is 29.5 Å². The van der Waals surface area contributed by atoms with Gasteiger partial charge in [-0.1, -0.05) is 52.3 Å². The van der Waals surface area contributed by atoms with Gasteiger partial charge in [0.15, 0.2) is 0 Å². The highest BCUT2D eigenvalue weighted by molar-refractivity contribution is 9.10. The second-order valence-electron chi connectivity index (χ2n) is 7.66. The van der Waals surface area contributed by atoms with E-state index in [2.05, 4.69) is 46.3 Å². The number of carbonyl (C=O) groups excluding carboxylic acids is 2. The van der Waals surface area contributed by atoms with Crippen LogP contribution in [-0.4, -0.2) is 40.0 Å². The van der Waals surface area contributed by atoms with Crippen LogP contribution in [0.2, 0.25) is 0 Å². The summed E-state index contributed by atoms with van der Waals surface area (Å²) in [6.45, 7) is 1.37. The summed E-state index contributed by atoms with van der Waals surface area (Å²) >= 11 is 5.24. The zero-order valence-corrected chi connectivity index (χ0v) is 17.8. The maximum absolute atomic E-state index is 13.4. The highest BCUT2D eigenvalue weighted by Crippen LogP contribution is 2.54. The molecule has 2 aromatic rings. The van der Waals surface area contributed by atoms with Crippen LogP contribution in [0.5, 0.6) is 0 Å². The molecule has 0 aliphatic carbocycles. The van der Waals surface area contributed by atoms with Gasteiger partial charge in [0.1, 0.15) is 10.9 Å². The Hall–Kier alpha value is -1.79. The first-order chi connectivity index (χ1) is 13.6. The Bertz CT molecular complexity index is 948. The second-order valence-corrected chi connectivity index (χ2v) is 9.87. The van der Waals surface area contributed by atoms with E-state index >= 15 is 0 Å². The number of rotatable bonds is 2. The summed E-state index contributed by atoms with van der Waals surface area (Å²) in [5.41, 5.74) is 3.67. The van der Waals surface area contributed by atoms with E-state index in [1.807, 2.05) is 28.0 Å². The lowest BCUT2D eigenvalue weighted by Crippen LogP contribution is -2.52. The van der Waals surface area contributed by atoms with Crippen LogP contribution in [0.25, 0.3) is 0 Å². The topological polar surface area (TPSA) is 40.6 Å². The lowest BCUT2D eigenvalue weighted by Gasteiger charge is -2.37. The van der Waals surface area contributed by atoms with Crippen LogP contribution in [0, 0.1) is 0 Å². The molecule has 2 atom stereocenters. The summed E-state index contributed by atoms with van der Waals surface area (Å²) < 4.78 is 1.02. The largest absolute Gasteiger partial charge is 0.336 e. The highest BCUT2D eigenvalue weighted by Gasteiger charge is 2.57. The Morgan fingerprint density at radius 2 is 1.82 bits per heavy atom. The molecule has 0 aromatic heterocycles. The minimum Gasteiger partial charge on any atom is -0.336 e. The van der Waals surface area contributed by atoms with Gasteiger partial charge in [-0.15, -0.1) is 11.8 Å². The van der Waals surface area contributed by atoms with Crippen LogP contribution in [-0.2, 0) is 27.4 Å². The Morgan fingerprint density at radius 1 is 1.07 bits per heavy atom. The van der Waals surface area contributed by atoms with Crippen LogP contribution in [0.4, 0.5) is 0 Å². The smallest absolute Gasteiger partial charge is 0.246 e. The standard InChI is InChI=1S/C22H21BrN2O2S/c23-18-7-5-17(6-8-18)22-11-9-20(26)25(22)19(14-28-22)21(27)24-12-10-15-3-1-2-4-16(15)13-24/h1-8,19H,9-14H2/t19-,22-/m1/s1. The Kier molecular flexibility index (Phi) is 4.51. The molecule has 0 bridgehead atoms. The number of hydrogen-bond acceptors (Lipinski definition) is 3. The number of hydrogen-bond donors (Lipinski definition) is 0. The fourth-order valence-corrected chi connectivity index (χ4v) is 6.64. The third kappa shape index (κ3) is 2.80. The lowest BCUT2D eigenvalue weighted by atomic mass is 9.99. The van der Waals surface area contributed by atoms with E-state index in [4.69, 9.17) is 0 Å². The van der Waals surface area contributed by atoms with Gasteiger partial charge >= 0.3 is 0 Å². The molecule has 2 fully saturated rings. The summed E-state index contributed by atoms with van der Waals surface area (Å²) in [6.07, 6.45) is 2.16. The molecule has 0 spiro atoms. The summed E-state index contributed by atoms with van der Waals surface area (Å²) in [5.74, 6) is 0.860. The summed E-state index contributed by atoms with van der Waals surface area (Å²) in [5, 5.41) is 0. The zero-order chi connectivity index (χ0) is 19.3. The first kappa shape index (κ1) is 18.3. The van der Waals surface area contributed by atoms with Gasteiger partial charge in [-0.3, -0.25) is 9.59 Å². The minimum absolute atomic E-state index is 0.0937. The number of benzene rings is 2. The van der Waals surface area contributed by atoms with Crippen LogP contribution >= 0.6 is 27.7 Å². The van der Waals surface area contributed by atoms with Gasteiger partial charge in [-0.05, 0) is 41.7 Å². The Morgan fingerprint density at radius 3 is 2.61 bits per heavy atom. The summed E-state index contributed by atoms with van der Waals surface area (Å²) in [4.78, 5) is 29.7. The van der Waals surface area contributed by atoms with Crippen LogP contribution in [0.15, 0.2) is 53.0 Å². The molecule has 144 valence electrons. The maximum Gasteiger partial charge on any atom is 0.246 e. The average Bonchev–Trinajstić information content (AvgIpc) is 3.27. The quantitative estimate of drug-likeness (QED) is 0.687. The van der Waals surface area contributed by atoms with Crippen molar-refractivity contribution < 1.29 is 9.59 Å². The van der Waals surface area contributed by atoms with Gasteiger partial charge in [0.25, 0.3) is 0 Å². The molecule has 2 amide bonds. The van der Waals surface area contributed by atoms with Crippen molar-refractivity contribution in [2.45, 2.75) is 36.7 Å².